The third kappa shape index (κ3) is 4.04. The van der Waals surface area contributed by atoms with Crippen molar-refractivity contribution in [2.75, 3.05) is 16.8 Å². The first-order chi connectivity index (χ1) is 12.3. The van der Waals surface area contributed by atoms with Crippen LogP contribution in [0.15, 0.2) is 36.4 Å². The molecule has 1 aliphatic rings. The molecule has 1 atom stereocenters. The summed E-state index contributed by atoms with van der Waals surface area (Å²) in [6.45, 7) is 8.56. The molecular weight excluding hydrogens is 326 g/mol. The predicted octanol–water partition coefficient (Wildman–Crippen LogP) is 3.85. The van der Waals surface area contributed by atoms with E-state index < -0.39 is 0 Å². The van der Waals surface area contributed by atoms with E-state index in [-0.39, 0.29) is 18.0 Å². The Labute approximate surface area is 154 Å². The highest BCUT2D eigenvalue weighted by Gasteiger charge is 2.31. The van der Waals surface area contributed by atoms with Gasteiger partial charge in [-0.05, 0) is 74.2 Å². The normalized spacial score (nSPS) is 16.7. The maximum atomic E-state index is 12.4. The number of amides is 3. The third-order valence-electron chi connectivity index (χ3n) is 4.74. The molecule has 0 radical (unpaired) electrons. The standard InChI is InChI=1S/C21H25N3O2/c1-13-7-14(2)9-17(8-13)22-21(26)23-18-11-20(25)24(12-18)19-6-5-15(3)16(4)10-19/h5-10,18H,11-12H2,1-4H3,(H2,22,23,26)/t18-/m0/s1. The molecule has 26 heavy (non-hydrogen) atoms. The van der Waals surface area contributed by atoms with E-state index in [4.69, 9.17) is 0 Å². The number of aryl methyl sites for hydroxylation is 4. The largest absolute Gasteiger partial charge is 0.333 e. The van der Waals surface area contributed by atoms with Gasteiger partial charge in [0.25, 0.3) is 0 Å². The lowest BCUT2D eigenvalue weighted by atomic mass is 10.1. The van der Waals surface area contributed by atoms with Crippen molar-refractivity contribution >= 4 is 23.3 Å². The quantitative estimate of drug-likeness (QED) is 0.882. The predicted molar refractivity (Wildman–Crippen MR) is 105 cm³/mol. The second kappa shape index (κ2) is 7.20. The van der Waals surface area contributed by atoms with Crippen LogP contribution in [0.25, 0.3) is 0 Å². The van der Waals surface area contributed by atoms with E-state index in [2.05, 4.69) is 16.7 Å². The highest BCUT2D eigenvalue weighted by molar-refractivity contribution is 5.97. The number of benzene rings is 2. The van der Waals surface area contributed by atoms with Crippen molar-refractivity contribution in [3.8, 4) is 0 Å². The average molecular weight is 351 g/mol. The Kier molecular flexibility index (Phi) is 4.98. The summed E-state index contributed by atoms with van der Waals surface area (Å²) in [7, 11) is 0. The molecule has 1 aliphatic heterocycles. The molecule has 3 rings (SSSR count). The van der Waals surface area contributed by atoms with E-state index in [0.717, 1.165) is 28.1 Å². The van der Waals surface area contributed by atoms with Gasteiger partial charge in [0.05, 0.1) is 6.04 Å². The maximum Gasteiger partial charge on any atom is 0.319 e. The first-order valence-electron chi connectivity index (χ1n) is 8.85. The number of nitrogens with zero attached hydrogens (tertiary/aromatic N) is 1. The van der Waals surface area contributed by atoms with Gasteiger partial charge in [-0.2, -0.15) is 0 Å². The van der Waals surface area contributed by atoms with E-state index >= 15 is 0 Å². The Morgan fingerprint density at radius 2 is 1.69 bits per heavy atom. The summed E-state index contributed by atoms with van der Waals surface area (Å²) in [5.41, 5.74) is 6.18. The molecule has 0 saturated carbocycles. The van der Waals surface area contributed by atoms with Gasteiger partial charge >= 0.3 is 6.03 Å². The Balaban J connectivity index is 1.63. The van der Waals surface area contributed by atoms with Crippen LogP contribution in [0, 0.1) is 27.7 Å². The fourth-order valence-electron chi connectivity index (χ4n) is 3.35. The van der Waals surface area contributed by atoms with Crippen LogP contribution in [0.5, 0.6) is 0 Å². The molecule has 136 valence electrons. The second-order valence-corrected chi connectivity index (χ2v) is 7.15. The number of anilines is 2. The van der Waals surface area contributed by atoms with Crippen LogP contribution in [-0.4, -0.2) is 24.5 Å². The van der Waals surface area contributed by atoms with E-state index in [1.54, 1.807) is 4.90 Å². The maximum absolute atomic E-state index is 12.4. The molecule has 5 heteroatoms. The van der Waals surface area contributed by atoms with Gasteiger partial charge in [-0.15, -0.1) is 0 Å². The van der Waals surface area contributed by atoms with Crippen molar-refractivity contribution in [1.82, 2.24) is 5.32 Å². The highest BCUT2D eigenvalue weighted by Crippen LogP contribution is 2.24. The first kappa shape index (κ1) is 18.0. The van der Waals surface area contributed by atoms with Crippen LogP contribution < -0.4 is 15.5 Å². The van der Waals surface area contributed by atoms with Gasteiger partial charge in [0.1, 0.15) is 0 Å². The van der Waals surface area contributed by atoms with Crippen LogP contribution in [0.3, 0.4) is 0 Å². The summed E-state index contributed by atoms with van der Waals surface area (Å²) in [6, 6.07) is 11.4. The van der Waals surface area contributed by atoms with Crippen molar-refractivity contribution in [3.05, 3.63) is 58.7 Å². The molecule has 0 aliphatic carbocycles. The Hall–Kier alpha value is -2.82. The van der Waals surface area contributed by atoms with Gasteiger partial charge in [0.15, 0.2) is 0 Å². The summed E-state index contributed by atoms with van der Waals surface area (Å²) in [6.07, 6.45) is 0.313. The van der Waals surface area contributed by atoms with Crippen LogP contribution in [0.4, 0.5) is 16.2 Å². The molecule has 3 amide bonds. The van der Waals surface area contributed by atoms with Gasteiger partial charge in [-0.25, -0.2) is 4.79 Å². The molecule has 2 aromatic rings. The lowest BCUT2D eigenvalue weighted by Crippen LogP contribution is -2.39. The molecule has 0 spiro atoms. The molecule has 5 nitrogen and oxygen atoms in total. The summed E-state index contributed by atoms with van der Waals surface area (Å²) in [5.74, 6) is 0.0324. The molecular formula is C21H25N3O2. The van der Waals surface area contributed by atoms with Crippen LogP contribution in [-0.2, 0) is 4.79 Å². The van der Waals surface area contributed by atoms with E-state index in [0.29, 0.717) is 13.0 Å². The molecule has 0 unspecified atom stereocenters. The Morgan fingerprint density at radius 1 is 1.00 bits per heavy atom. The van der Waals surface area contributed by atoms with Crippen molar-refractivity contribution in [2.24, 2.45) is 0 Å². The number of hydrogen-bond donors (Lipinski definition) is 2. The fraction of sp³-hybridized carbons (Fsp3) is 0.333. The molecule has 2 N–H and O–H groups in total. The minimum absolute atomic E-state index is 0.0324. The zero-order valence-corrected chi connectivity index (χ0v) is 15.7. The fourth-order valence-corrected chi connectivity index (χ4v) is 3.35. The average Bonchev–Trinajstić information content (AvgIpc) is 2.89. The number of carbonyl (C=O) groups is 2. The monoisotopic (exact) mass is 351 g/mol. The van der Waals surface area contributed by atoms with Crippen molar-refractivity contribution in [3.63, 3.8) is 0 Å². The van der Waals surface area contributed by atoms with E-state index in [1.807, 2.05) is 58.0 Å². The molecule has 2 aromatic carbocycles. The van der Waals surface area contributed by atoms with Gasteiger partial charge in [-0.1, -0.05) is 12.1 Å². The summed E-state index contributed by atoms with van der Waals surface area (Å²) >= 11 is 0. The van der Waals surface area contributed by atoms with Crippen LogP contribution >= 0.6 is 0 Å². The molecule has 0 aromatic heterocycles. The SMILES string of the molecule is Cc1cc(C)cc(NC(=O)N[C@H]2CC(=O)N(c3ccc(C)c(C)c3)C2)c1. The van der Waals surface area contributed by atoms with Crippen molar-refractivity contribution < 1.29 is 9.59 Å². The third-order valence-corrected chi connectivity index (χ3v) is 4.74. The number of carbonyl (C=O) groups excluding carboxylic acids is 2. The molecule has 1 saturated heterocycles. The summed E-state index contributed by atoms with van der Waals surface area (Å²) in [5, 5.41) is 5.77. The lowest BCUT2D eigenvalue weighted by Gasteiger charge is -2.18. The zero-order valence-electron chi connectivity index (χ0n) is 15.7. The topological polar surface area (TPSA) is 61.4 Å². The molecule has 1 heterocycles. The molecule has 1 fully saturated rings. The van der Waals surface area contributed by atoms with Crippen molar-refractivity contribution in [2.45, 2.75) is 40.2 Å². The zero-order chi connectivity index (χ0) is 18.8. The van der Waals surface area contributed by atoms with Crippen LogP contribution in [0.2, 0.25) is 0 Å². The van der Waals surface area contributed by atoms with Gasteiger partial charge in [0.2, 0.25) is 5.91 Å². The minimum Gasteiger partial charge on any atom is -0.333 e. The van der Waals surface area contributed by atoms with E-state index in [1.165, 1.54) is 5.56 Å². The van der Waals surface area contributed by atoms with Gasteiger partial charge in [0, 0.05) is 24.3 Å². The molecule has 0 bridgehead atoms. The summed E-state index contributed by atoms with van der Waals surface area (Å²) < 4.78 is 0. The number of urea groups is 1. The smallest absolute Gasteiger partial charge is 0.319 e. The highest BCUT2D eigenvalue weighted by atomic mass is 16.2. The van der Waals surface area contributed by atoms with Crippen molar-refractivity contribution in [1.29, 1.82) is 0 Å². The Bertz CT molecular complexity index is 840. The minimum atomic E-state index is -0.283. The second-order valence-electron chi connectivity index (χ2n) is 7.15. The Morgan fingerprint density at radius 3 is 2.35 bits per heavy atom. The summed E-state index contributed by atoms with van der Waals surface area (Å²) in [4.78, 5) is 26.4. The lowest BCUT2D eigenvalue weighted by molar-refractivity contribution is -0.117. The first-order valence-corrected chi connectivity index (χ1v) is 8.85. The van der Waals surface area contributed by atoms with Gasteiger partial charge < -0.3 is 15.5 Å². The van der Waals surface area contributed by atoms with E-state index in [9.17, 15) is 9.59 Å². The number of rotatable bonds is 3. The van der Waals surface area contributed by atoms with Crippen LogP contribution in [0.1, 0.15) is 28.7 Å². The number of hydrogen-bond acceptors (Lipinski definition) is 2. The van der Waals surface area contributed by atoms with Gasteiger partial charge in [-0.3, -0.25) is 4.79 Å². The number of nitrogens with one attached hydrogen (secondary N) is 2.